The number of halogens is 1. The van der Waals surface area contributed by atoms with Gasteiger partial charge in [-0.15, -0.1) is 0 Å². The quantitative estimate of drug-likeness (QED) is 0.171. The zero-order chi connectivity index (χ0) is 15.8. The third-order valence-electron chi connectivity index (χ3n) is 4.34. The van der Waals surface area contributed by atoms with Gasteiger partial charge in [0, 0.05) is 0 Å². The monoisotopic (exact) mass is 428 g/mol. The Balaban J connectivity index is 3.85. The molecule has 0 aromatic carbocycles. The van der Waals surface area contributed by atoms with Crippen molar-refractivity contribution in [3.63, 3.8) is 0 Å². The van der Waals surface area contributed by atoms with Crippen LogP contribution in [-0.4, -0.2) is 17.3 Å². The summed E-state index contributed by atoms with van der Waals surface area (Å²) in [4.78, 5) is 0. The molecule has 0 atom stereocenters. The molecule has 0 saturated carbocycles. The summed E-state index contributed by atoms with van der Waals surface area (Å²) >= 11 is 2.91. The zero-order valence-corrected chi connectivity index (χ0v) is 18.1. The van der Waals surface area contributed by atoms with Crippen LogP contribution in [0, 0.1) is 0 Å². The van der Waals surface area contributed by atoms with Crippen molar-refractivity contribution in [1.82, 2.24) is 0 Å². The van der Waals surface area contributed by atoms with Gasteiger partial charge in [0.15, 0.2) is 0 Å². The van der Waals surface area contributed by atoms with Crippen molar-refractivity contribution in [3.05, 3.63) is 0 Å². The Kier molecular flexibility index (Phi) is 16.8. The summed E-state index contributed by atoms with van der Waals surface area (Å²) in [5.74, 6) is 4.64. The minimum atomic E-state index is -0.311. The Morgan fingerprint density at radius 3 is 1.19 bits per heavy atom. The van der Waals surface area contributed by atoms with E-state index in [1.165, 1.54) is 83.5 Å². The van der Waals surface area contributed by atoms with Crippen LogP contribution in [0.15, 0.2) is 0 Å². The summed E-state index contributed by atoms with van der Waals surface area (Å²) in [5.41, 5.74) is 0. The molecule has 0 aliphatic carbocycles. The van der Waals surface area contributed by atoms with Crippen molar-refractivity contribution >= 4 is 28.4 Å². The molecule has 0 N–H and O–H groups in total. The molecule has 0 amide bonds. The second-order valence-corrected chi connectivity index (χ2v) is 15.3. The van der Waals surface area contributed by atoms with E-state index < -0.39 is 0 Å². The van der Waals surface area contributed by atoms with E-state index in [0.717, 1.165) is 0 Å². The maximum absolute atomic E-state index is 2.91. The first-order valence-corrected chi connectivity index (χ1v) is 14.3. The Hall–Kier alpha value is 1.08. The van der Waals surface area contributed by atoms with Crippen LogP contribution in [0.4, 0.5) is 0 Å². The van der Waals surface area contributed by atoms with E-state index in [4.69, 9.17) is 0 Å². The molecule has 0 fully saturated rings. The van der Waals surface area contributed by atoms with E-state index in [1.807, 2.05) is 0 Å². The van der Waals surface area contributed by atoms with Crippen LogP contribution in [0.25, 0.3) is 0 Å². The Morgan fingerprint density at radius 1 is 0.476 bits per heavy atom. The molecule has 0 aromatic heterocycles. The molecule has 2 heteroatoms. The van der Waals surface area contributed by atoms with Gasteiger partial charge in [-0.2, -0.15) is 7.20 Å². The summed E-state index contributed by atoms with van der Waals surface area (Å²) in [6.45, 7) is 6.97. The molecule has 21 heavy (non-hydrogen) atoms. The summed E-state index contributed by atoms with van der Waals surface area (Å²) in [5, 5.41) is 0. The summed E-state index contributed by atoms with van der Waals surface area (Å²) < 4.78 is 0. The Bertz CT molecular complexity index is 196. The molecule has 0 bridgehead atoms. The van der Waals surface area contributed by atoms with Gasteiger partial charge in [-0.25, -0.2) is 0 Å². The lowest BCUT2D eigenvalue weighted by Crippen LogP contribution is -2.08. The lowest BCUT2D eigenvalue weighted by Gasteiger charge is -2.34. The largest absolute Gasteiger partial charge is 0.187 e. The predicted octanol–water partition coefficient (Wildman–Crippen LogP) is 8.27. The first kappa shape index (κ1) is 22.1. The topological polar surface area (TPSA) is 0 Å². The highest BCUT2D eigenvalue weighted by Crippen LogP contribution is 2.58. The van der Waals surface area contributed by atoms with Crippen molar-refractivity contribution in [3.8, 4) is 0 Å². The van der Waals surface area contributed by atoms with Crippen molar-refractivity contribution in [1.29, 1.82) is 0 Å². The normalized spacial score (nSPS) is 12.8. The highest BCUT2D eigenvalue weighted by atomic mass is 127. The van der Waals surface area contributed by atoms with E-state index in [-0.39, 0.29) is 7.20 Å². The van der Waals surface area contributed by atoms with Crippen LogP contribution in [0.2, 0.25) is 0 Å². The SMILES string of the molecule is CCCCCCCCCS(I)(CCCCC)CCCCC. The number of rotatable bonds is 16. The fourth-order valence-electron chi connectivity index (χ4n) is 2.85. The standard InChI is InChI=1S/C19H41IS/c1-4-7-10-11-12-13-16-19-21(20,17-14-8-5-2)18-15-9-6-3/h4-19H2,1-3H3. The molecule has 0 heterocycles. The fourth-order valence-corrected chi connectivity index (χ4v) is 8.43. The smallest absolute Gasteiger partial charge is 0.0144 e. The van der Waals surface area contributed by atoms with Crippen LogP contribution < -0.4 is 0 Å². The average Bonchev–Trinajstić information content (AvgIpc) is 2.47. The number of hydrogen-bond acceptors (Lipinski definition) is 0. The van der Waals surface area contributed by atoms with E-state index in [1.54, 1.807) is 17.3 Å². The highest BCUT2D eigenvalue weighted by Gasteiger charge is 2.18. The van der Waals surface area contributed by atoms with Gasteiger partial charge in [0.05, 0.1) is 0 Å². The van der Waals surface area contributed by atoms with E-state index in [2.05, 4.69) is 42.0 Å². The maximum atomic E-state index is 2.91. The minimum absolute atomic E-state index is 0.311. The molecule has 0 unspecified atom stereocenters. The van der Waals surface area contributed by atoms with Gasteiger partial charge in [0.2, 0.25) is 0 Å². The summed E-state index contributed by atoms with van der Waals surface area (Å²) in [6, 6.07) is 0. The second kappa shape index (κ2) is 16.0. The Morgan fingerprint density at radius 2 is 0.762 bits per heavy atom. The molecule has 0 aliphatic heterocycles. The third kappa shape index (κ3) is 14.4. The average molecular weight is 429 g/mol. The molecular formula is C19H41IS. The van der Waals surface area contributed by atoms with Crippen molar-refractivity contribution in [2.45, 2.75) is 104 Å². The molecule has 0 aromatic rings. The van der Waals surface area contributed by atoms with Gasteiger partial charge in [-0.3, -0.25) is 0 Å². The summed E-state index contributed by atoms with van der Waals surface area (Å²) in [6.07, 6.45) is 18.8. The van der Waals surface area contributed by atoms with Crippen LogP contribution >= 0.6 is 28.4 Å². The fraction of sp³-hybridized carbons (Fsp3) is 1.00. The molecular weight excluding hydrogens is 387 g/mol. The molecule has 0 radical (unpaired) electrons. The lowest BCUT2D eigenvalue weighted by atomic mass is 10.1. The van der Waals surface area contributed by atoms with Crippen molar-refractivity contribution in [2.75, 3.05) is 17.3 Å². The first-order chi connectivity index (χ1) is 10.2. The first-order valence-electron chi connectivity index (χ1n) is 9.64. The van der Waals surface area contributed by atoms with Crippen LogP contribution in [-0.2, 0) is 0 Å². The molecule has 0 spiro atoms. The molecule has 0 saturated heterocycles. The molecule has 130 valence electrons. The van der Waals surface area contributed by atoms with Gasteiger partial charge >= 0.3 is 0 Å². The Labute approximate surface area is 149 Å². The molecule has 0 rings (SSSR count). The van der Waals surface area contributed by atoms with E-state index >= 15 is 0 Å². The third-order valence-corrected chi connectivity index (χ3v) is 11.4. The van der Waals surface area contributed by atoms with Crippen LogP contribution in [0.1, 0.15) is 104 Å². The van der Waals surface area contributed by atoms with Crippen LogP contribution in [0.5, 0.6) is 0 Å². The minimum Gasteiger partial charge on any atom is -0.187 e. The van der Waals surface area contributed by atoms with Crippen molar-refractivity contribution < 1.29 is 0 Å². The summed E-state index contributed by atoms with van der Waals surface area (Å²) in [7, 11) is -0.311. The maximum Gasteiger partial charge on any atom is -0.0144 e. The predicted molar refractivity (Wildman–Crippen MR) is 113 cm³/mol. The number of unbranched alkanes of at least 4 members (excludes halogenated alkanes) is 10. The zero-order valence-electron chi connectivity index (χ0n) is 15.1. The van der Waals surface area contributed by atoms with E-state index in [9.17, 15) is 0 Å². The van der Waals surface area contributed by atoms with Gasteiger partial charge in [0.1, 0.15) is 0 Å². The van der Waals surface area contributed by atoms with Gasteiger partial charge in [-0.1, -0.05) is 85.0 Å². The highest BCUT2D eigenvalue weighted by molar-refractivity contribution is 14.2. The molecule has 0 aliphatic rings. The number of hydrogen-bond donors (Lipinski definition) is 0. The molecule has 0 nitrogen and oxygen atoms in total. The lowest BCUT2D eigenvalue weighted by molar-refractivity contribution is 0.603. The van der Waals surface area contributed by atoms with Gasteiger partial charge in [0.25, 0.3) is 0 Å². The van der Waals surface area contributed by atoms with Crippen LogP contribution in [0.3, 0.4) is 0 Å². The van der Waals surface area contributed by atoms with Gasteiger partial charge in [-0.05, 0) is 57.7 Å². The van der Waals surface area contributed by atoms with E-state index in [0.29, 0.717) is 0 Å². The van der Waals surface area contributed by atoms with Crippen molar-refractivity contribution in [2.24, 2.45) is 0 Å². The second-order valence-electron chi connectivity index (χ2n) is 6.59. The van der Waals surface area contributed by atoms with Gasteiger partial charge < -0.3 is 0 Å².